The molecule has 0 bridgehead atoms. The van der Waals surface area contributed by atoms with E-state index >= 15 is 0 Å². The summed E-state index contributed by atoms with van der Waals surface area (Å²) >= 11 is 3.64. The molecule has 1 N–H and O–H groups in total. The van der Waals surface area contributed by atoms with E-state index in [2.05, 4.69) is 42.0 Å². The van der Waals surface area contributed by atoms with Crippen molar-refractivity contribution in [1.82, 2.24) is 9.97 Å². The van der Waals surface area contributed by atoms with Crippen LogP contribution in [0.4, 0.5) is 5.82 Å². The van der Waals surface area contributed by atoms with Crippen LogP contribution in [-0.2, 0) is 6.42 Å². The van der Waals surface area contributed by atoms with Crippen LogP contribution >= 0.6 is 15.9 Å². The predicted octanol–water partition coefficient (Wildman–Crippen LogP) is 5.16. The monoisotopic (exact) mass is 353 g/mol. The van der Waals surface area contributed by atoms with Crippen LogP contribution in [0.25, 0.3) is 0 Å². The molecular weight excluding hydrogens is 326 g/mol. The Balaban J connectivity index is 2.18. The Kier molecular flexibility index (Phi) is 6.03. The molecule has 0 atom stereocenters. The third-order valence-electron chi connectivity index (χ3n) is 4.74. The standard InChI is InChI=1S/C17H28BrN3/c1-5-6-14-15(18)17(19-4)21-16(20-14)13-9-7-12(8-10-13)11(2)3/h11-13H,5-10H2,1-4H3,(H,19,20,21). The maximum absolute atomic E-state index is 4.87. The van der Waals surface area contributed by atoms with E-state index in [1.807, 2.05) is 7.05 Å². The lowest BCUT2D eigenvalue weighted by Crippen LogP contribution is -2.19. The molecule has 118 valence electrons. The molecule has 2 rings (SSSR count). The van der Waals surface area contributed by atoms with Gasteiger partial charge in [-0.1, -0.05) is 27.2 Å². The minimum atomic E-state index is 0.538. The summed E-state index contributed by atoms with van der Waals surface area (Å²) in [4.78, 5) is 9.62. The second kappa shape index (κ2) is 7.57. The Labute approximate surface area is 137 Å². The van der Waals surface area contributed by atoms with Crippen molar-refractivity contribution >= 4 is 21.7 Å². The summed E-state index contributed by atoms with van der Waals surface area (Å²) in [6.45, 7) is 6.89. The van der Waals surface area contributed by atoms with Crippen molar-refractivity contribution in [3.05, 3.63) is 16.0 Å². The van der Waals surface area contributed by atoms with E-state index in [9.17, 15) is 0 Å². The number of nitrogens with one attached hydrogen (secondary N) is 1. The lowest BCUT2D eigenvalue weighted by atomic mass is 9.76. The van der Waals surface area contributed by atoms with E-state index in [0.29, 0.717) is 5.92 Å². The van der Waals surface area contributed by atoms with Gasteiger partial charge in [0.05, 0.1) is 10.2 Å². The van der Waals surface area contributed by atoms with Crippen LogP contribution in [0.15, 0.2) is 4.47 Å². The second-order valence-corrected chi connectivity index (χ2v) is 7.34. The summed E-state index contributed by atoms with van der Waals surface area (Å²) < 4.78 is 1.03. The molecule has 4 heteroatoms. The number of aromatic nitrogens is 2. The molecule has 1 aromatic heterocycles. The average molecular weight is 354 g/mol. The van der Waals surface area contributed by atoms with Gasteiger partial charge in [-0.3, -0.25) is 0 Å². The SMILES string of the molecule is CCCc1nc(C2CCC(C(C)C)CC2)nc(NC)c1Br. The van der Waals surface area contributed by atoms with Gasteiger partial charge in [0.25, 0.3) is 0 Å². The lowest BCUT2D eigenvalue weighted by Gasteiger charge is -2.30. The van der Waals surface area contributed by atoms with Gasteiger partial charge in [0.15, 0.2) is 0 Å². The van der Waals surface area contributed by atoms with Gasteiger partial charge in [-0.05, 0) is 59.9 Å². The largest absolute Gasteiger partial charge is 0.372 e. The Morgan fingerprint density at radius 2 is 1.86 bits per heavy atom. The molecule has 3 nitrogen and oxygen atoms in total. The molecule has 0 saturated heterocycles. The maximum atomic E-state index is 4.87. The highest BCUT2D eigenvalue weighted by atomic mass is 79.9. The van der Waals surface area contributed by atoms with Crippen molar-refractivity contribution in [1.29, 1.82) is 0 Å². The van der Waals surface area contributed by atoms with Crippen LogP contribution in [0.5, 0.6) is 0 Å². The molecule has 1 fully saturated rings. The van der Waals surface area contributed by atoms with E-state index in [1.165, 1.54) is 25.7 Å². The molecule has 0 aliphatic heterocycles. The highest BCUT2D eigenvalue weighted by molar-refractivity contribution is 9.10. The molecule has 0 aromatic carbocycles. The van der Waals surface area contributed by atoms with Crippen molar-refractivity contribution < 1.29 is 0 Å². The van der Waals surface area contributed by atoms with Gasteiger partial charge in [-0.25, -0.2) is 9.97 Å². The van der Waals surface area contributed by atoms with Gasteiger partial charge < -0.3 is 5.32 Å². The molecule has 1 aliphatic carbocycles. The van der Waals surface area contributed by atoms with E-state index in [-0.39, 0.29) is 0 Å². The fraction of sp³-hybridized carbons (Fsp3) is 0.765. The summed E-state index contributed by atoms with van der Waals surface area (Å²) in [5.74, 6) is 4.22. The molecule has 1 saturated carbocycles. The smallest absolute Gasteiger partial charge is 0.144 e. The van der Waals surface area contributed by atoms with Crippen LogP contribution in [0.3, 0.4) is 0 Å². The zero-order valence-corrected chi connectivity index (χ0v) is 15.3. The van der Waals surface area contributed by atoms with Crippen molar-refractivity contribution in [2.45, 2.75) is 65.2 Å². The van der Waals surface area contributed by atoms with E-state index < -0.39 is 0 Å². The van der Waals surface area contributed by atoms with Gasteiger partial charge in [-0.2, -0.15) is 0 Å². The fourth-order valence-corrected chi connectivity index (χ4v) is 3.88. The lowest BCUT2D eigenvalue weighted by molar-refractivity contribution is 0.254. The summed E-state index contributed by atoms with van der Waals surface area (Å²) in [6, 6.07) is 0. The van der Waals surface area contributed by atoms with Crippen LogP contribution in [0, 0.1) is 11.8 Å². The number of rotatable bonds is 5. The topological polar surface area (TPSA) is 37.8 Å². The first-order chi connectivity index (χ1) is 10.1. The summed E-state index contributed by atoms with van der Waals surface area (Å²) in [6.07, 6.45) is 7.22. The van der Waals surface area contributed by atoms with Crippen LogP contribution in [0.2, 0.25) is 0 Å². The average Bonchev–Trinajstić information content (AvgIpc) is 2.49. The molecule has 1 aliphatic rings. The summed E-state index contributed by atoms with van der Waals surface area (Å²) in [7, 11) is 1.93. The molecule has 0 unspecified atom stereocenters. The Morgan fingerprint density at radius 1 is 1.19 bits per heavy atom. The number of nitrogens with zero attached hydrogens (tertiary/aromatic N) is 2. The number of aryl methyl sites for hydroxylation is 1. The van der Waals surface area contributed by atoms with Gasteiger partial charge in [0.1, 0.15) is 11.6 Å². The van der Waals surface area contributed by atoms with E-state index in [0.717, 1.165) is 46.5 Å². The first-order valence-corrected chi connectivity index (χ1v) is 9.10. The number of hydrogen-bond acceptors (Lipinski definition) is 3. The Hall–Kier alpha value is -0.640. The Bertz CT molecular complexity index is 465. The molecule has 21 heavy (non-hydrogen) atoms. The van der Waals surface area contributed by atoms with Gasteiger partial charge in [0.2, 0.25) is 0 Å². The minimum Gasteiger partial charge on any atom is -0.372 e. The second-order valence-electron chi connectivity index (χ2n) is 6.55. The fourth-order valence-electron chi connectivity index (χ4n) is 3.31. The molecule has 1 aromatic rings. The van der Waals surface area contributed by atoms with Gasteiger partial charge in [-0.15, -0.1) is 0 Å². The number of anilines is 1. The van der Waals surface area contributed by atoms with Crippen molar-refractivity contribution in [3.8, 4) is 0 Å². The molecule has 1 heterocycles. The summed E-state index contributed by atoms with van der Waals surface area (Å²) in [5.41, 5.74) is 1.15. The van der Waals surface area contributed by atoms with Crippen LogP contribution in [-0.4, -0.2) is 17.0 Å². The van der Waals surface area contributed by atoms with Gasteiger partial charge >= 0.3 is 0 Å². The van der Waals surface area contributed by atoms with Gasteiger partial charge in [0, 0.05) is 13.0 Å². The first kappa shape index (κ1) is 16.7. The highest BCUT2D eigenvalue weighted by Crippen LogP contribution is 2.38. The van der Waals surface area contributed by atoms with Crippen molar-refractivity contribution in [2.75, 3.05) is 12.4 Å². The molecular formula is C17H28BrN3. The summed E-state index contributed by atoms with van der Waals surface area (Å²) in [5, 5.41) is 3.20. The minimum absolute atomic E-state index is 0.538. The van der Waals surface area contributed by atoms with Crippen molar-refractivity contribution in [2.24, 2.45) is 11.8 Å². The predicted molar refractivity (Wildman–Crippen MR) is 92.8 cm³/mol. The first-order valence-electron chi connectivity index (χ1n) is 8.30. The molecule has 0 amide bonds. The third kappa shape index (κ3) is 3.97. The van der Waals surface area contributed by atoms with Crippen LogP contribution < -0.4 is 5.32 Å². The molecule has 0 radical (unpaired) electrons. The van der Waals surface area contributed by atoms with Crippen molar-refractivity contribution in [3.63, 3.8) is 0 Å². The quantitative estimate of drug-likeness (QED) is 0.793. The van der Waals surface area contributed by atoms with E-state index in [1.54, 1.807) is 0 Å². The Morgan fingerprint density at radius 3 is 2.38 bits per heavy atom. The highest BCUT2D eigenvalue weighted by Gasteiger charge is 2.27. The third-order valence-corrected chi connectivity index (χ3v) is 5.57. The zero-order valence-electron chi connectivity index (χ0n) is 13.7. The normalized spacial score (nSPS) is 22.6. The number of hydrogen-bond donors (Lipinski definition) is 1. The zero-order chi connectivity index (χ0) is 15.4. The molecule has 0 spiro atoms. The van der Waals surface area contributed by atoms with Crippen LogP contribution in [0.1, 0.15) is 70.3 Å². The maximum Gasteiger partial charge on any atom is 0.144 e. The number of halogens is 1. The van der Waals surface area contributed by atoms with E-state index in [4.69, 9.17) is 9.97 Å².